The molecule has 0 amide bonds. The van der Waals surface area contributed by atoms with E-state index in [1.54, 1.807) is 43.3 Å². The fourth-order valence-corrected chi connectivity index (χ4v) is 2.11. The number of anilines is 1. The molecule has 0 spiro atoms. The summed E-state index contributed by atoms with van der Waals surface area (Å²) < 4.78 is 4.97. The maximum atomic E-state index is 12.1. The molecule has 0 radical (unpaired) electrons. The molecule has 0 unspecified atom stereocenters. The summed E-state index contributed by atoms with van der Waals surface area (Å²) in [6.45, 7) is 1.97. The molecule has 1 N–H and O–H groups in total. The Hall–Kier alpha value is -2.88. The van der Waals surface area contributed by atoms with Gasteiger partial charge < -0.3 is 45.2 Å². The maximum absolute atomic E-state index is 12.1. The molecule has 146 valence electrons. The Morgan fingerprint density at radius 1 is 1.00 bits per heavy atom. The minimum absolute atomic E-state index is 0. The summed E-state index contributed by atoms with van der Waals surface area (Å²) in [5.41, 5.74) is 1.37. The molecule has 3 aromatic rings. The van der Waals surface area contributed by atoms with Crippen molar-refractivity contribution >= 4 is 17.4 Å². The number of nitrogens with one attached hydrogen (secondary N) is 1. The van der Waals surface area contributed by atoms with E-state index in [9.17, 15) is 9.59 Å². The van der Waals surface area contributed by atoms with Gasteiger partial charge in [0, 0.05) is 22.8 Å². The van der Waals surface area contributed by atoms with Gasteiger partial charge in [-0.1, -0.05) is 29.8 Å². The summed E-state index contributed by atoms with van der Waals surface area (Å²) in [4.78, 5) is 24.0. The molecule has 5 heteroatoms. The zero-order chi connectivity index (χ0) is 18.6. The minimum Gasteiger partial charge on any atom is -0.748 e. The van der Waals surface area contributed by atoms with Crippen molar-refractivity contribution in [2.24, 2.45) is 0 Å². The Kier molecular flexibility index (Phi) is 10.2. The third kappa shape index (κ3) is 7.90. The fraction of sp³-hybridized carbons (Fsp3) is 0.0909. The molecule has 0 atom stereocenters. The maximum Gasteiger partial charge on any atom is 0.345 e. The van der Waals surface area contributed by atoms with Crippen molar-refractivity contribution < 1.29 is 31.4 Å². The van der Waals surface area contributed by atoms with Crippen LogP contribution in [0.25, 0.3) is 0 Å². The normalized spacial score (nSPS) is 10.0. The third-order valence-electron chi connectivity index (χ3n) is 3.33. The molecule has 0 aliphatic rings. The molecule has 0 fully saturated rings. The van der Waals surface area contributed by atoms with Crippen LogP contribution in [0.2, 0.25) is 0 Å². The second kappa shape index (κ2) is 12.5. The molecule has 0 saturated carbocycles. The first-order chi connectivity index (χ1) is 12.7. The van der Waals surface area contributed by atoms with Gasteiger partial charge in [-0.25, -0.2) is 4.79 Å². The summed E-state index contributed by atoms with van der Waals surface area (Å²) in [6.07, 6.45) is 1.26. The van der Waals surface area contributed by atoms with Gasteiger partial charge in [0.05, 0.1) is 12.3 Å². The number of ketones is 1. The Labute approximate surface area is 170 Å². The molecule has 27 heavy (non-hydrogen) atoms. The van der Waals surface area contributed by atoms with E-state index in [4.69, 9.17) is 4.74 Å². The first-order valence-electron chi connectivity index (χ1n) is 8.34. The molecule has 0 aliphatic heterocycles. The van der Waals surface area contributed by atoms with Crippen molar-refractivity contribution in [3.05, 3.63) is 102 Å². The Morgan fingerprint density at radius 3 is 2.07 bits per heavy atom. The molecule has 0 saturated heterocycles. The largest absolute Gasteiger partial charge is 0.748 e. The quantitative estimate of drug-likeness (QED) is 0.216. The second-order valence-electron chi connectivity index (χ2n) is 5.27. The van der Waals surface area contributed by atoms with E-state index in [2.05, 4.69) is 5.32 Å². The predicted molar refractivity (Wildman–Crippen MR) is 103 cm³/mol. The van der Waals surface area contributed by atoms with Crippen molar-refractivity contribution in [2.75, 3.05) is 11.9 Å². The van der Waals surface area contributed by atoms with Crippen LogP contribution in [0.4, 0.5) is 5.69 Å². The number of ether oxygens (including phenoxy) is 1. The monoisotopic (exact) mass is 403 g/mol. The van der Waals surface area contributed by atoms with E-state index in [1.807, 2.05) is 48.5 Å². The van der Waals surface area contributed by atoms with Gasteiger partial charge in [0.25, 0.3) is 0 Å². The summed E-state index contributed by atoms with van der Waals surface area (Å²) in [6, 6.07) is 26.1. The minimum atomic E-state index is -0.554. The standard InChI is InChI=1S/C17H16NO3.C5H5.Fe/c1-2-21-17(20)15(18-14-10-4-3-5-11-14)12-16(19)13-8-6-7-9-13;1-2-4-5-3-1;/h3-12,18H,2H2,1H3;1-5H;/q-1;-5;. The SMILES string of the molecule is CCOC(=O)C(=CC(=O)[c-]1cccc1)Nc1ccccc1.[Fe].[cH-]1[cH-][cH-][cH-][cH-]1. The molecule has 0 heterocycles. The zero-order valence-electron chi connectivity index (χ0n) is 14.9. The van der Waals surface area contributed by atoms with Crippen LogP contribution in [-0.2, 0) is 26.6 Å². The summed E-state index contributed by atoms with van der Waals surface area (Å²) in [7, 11) is 0. The van der Waals surface area contributed by atoms with Crippen LogP contribution in [0.15, 0.2) is 96.7 Å². The van der Waals surface area contributed by atoms with Gasteiger partial charge in [0.15, 0.2) is 0 Å². The number of esters is 1. The number of benzene rings is 1. The first kappa shape index (κ1) is 22.2. The van der Waals surface area contributed by atoms with Gasteiger partial charge in [0.2, 0.25) is 0 Å². The van der Waals surface area contributed by atoms with Crippen LogP contribution in [-0.4, -0.2) is 18.4 Å². The van der Waals surface area contributed by atoms with Crippen molar-refractivity contribution in [3.8, 4) is 0 Å². The molecule has 0 aromatic heterocycles. The molecular weight excluding hydrogens is 382 g/mol. The van der Waals surface area contributed by atoms with E-state index in [-0.39, 0.29) is 35.2 Å². The molecule has 4 nitrogen and oxygen atoms in total. The predicted octanol–water partition coefficient (Wildman–Crippen LogP) is 4.55. The number of hydrogen-bond donors (Lipinski definition) is 1. The number of rotatable bonds is 6. The average Bonchev–Trinajstić information content (AvgIpc) is 3.38. The third-order valence-corrected chi connectivity index (χ3v) is 3.33. The Balaban J connectivity index is 0.000000526. The number of allylic oxidation sites excluding steroid dienone is 1. The van der Waals surface area contributed by atoms with Gasteiger partial charge in [-0.15, -0.1) is 12.1 Å². The van der Waals surface area contributed by atoms with Crippen LogP contribution >= 0.6 is 0 Å². The van der Waals surface area contributed by atoms with Crippen molar-refractivity contribution in [3.63, 3.8) is 0 Å². The second-order valence-corrected chi connectivity index (χ2v) is 5.27. The fourth-order valence-electron chi connectivity index (χ4n) is 2.11. The number of carbonyl (C=O) groups is 2. The van der Waals surface area contributed by atoms with Crippen molar-refractivity contribution in [1.82, 2.24) is 0 Å². The molecular formula is C22H21FeNO3-6. The van der Waals surface area contributed by atoms with Crippen molar-refractivity contribution in [2.45, 2.75) is 6.92 Å². The van der Waals surface area contributed by atoms with Crippen LogP contribution in [0, 0.1) is 0 Å². The number of carbonyl (C=O) groups excluding carboxylic acids is 2. The van der Waals surface area contributed by atoms with E-state index in [1.165, 1.54) is 6.08 Å². The smallest absolute Gasteiger partial charge is 0.345 e. The van der Waals surface area contributed by atoms with Crippen molar-refractivity contribution in [1.29, 1.82) is 0 Å². The average molecular weight is 403 g/mol. The number of hydrogen-bond acceptors (Lipinski definition) is 4. The first-order valence-corrected chi connectivity index (χ1v) is 8.34. The summed E-state index contributed by atoms with van der Waals surface area (Å²) in [5.74, 6) is -0.798. The van der Waals surface area contributed by atoms with Crippen LogP contribution in [0.5, 0.6) is 0 Å². The van der Waals surface area contributed by atoms with Gasteiger partial charge in [-0.2, -0.15) is 12.1 Å². The molecule has 3 rings (SSSR count). The summed E-state index contributed by atoms with van der Waals surface area (Å²) in [5, 5.41) is 2.92. The Bertz CT molecular complexity index is 789. The molecule has 0 aliphatic carbocycles. The van der Waals surface area contributed by atoms with E-state index in [0.717, 1.165) is 0 Å². The van der Waals surface area contributed by atoms with Gasteiger partial charge in [-0.3, -0.25) is 0 Å². The zero-order valence-corrected chi connectivity index (χ0v) is 16.0. The number of para-hydroxylation sites is 1. The topological polar surface area (TPSA) is 55.4 Å². The van der Waals surface area contributed by atoms with Gasteiger partial charge in [-0.05, 0) is 19.1 Å². The summed E-state index contributed by atoms with van der Waals surface area (Å²) >= 11 is 0. The van der Waals surface area contributed by atoms with E-state index in [0.29, 0.717) is 11.3 Å². The van der Waals surface area contributed by atoms with Crippen LogP contribution in [0.3, 0.4) is 0 Å². The van der Waals surface area contributed by atoms with Gasteiger partial charge in [0.1, 0.15) is 5.78 Å². The van der Waals surface area contributed by atoms with Crippen LogP contribution < -0.4 is 5.32 Å². The Morgan fingerprint density at radius 2 is 1.56 bits per heavy atom. The van der Waals surface area contributed by atoms with E-state index < -0.39 is 5.97 Å². The molecule has 0 bridgehead atoms. The molecule has 3 aromatic carbocycles. The van der Waals surface area contributed by atoms with Crippen LogP contribution in [0.1, 0.15) is 17.3 Å². The van der Waals surface area contributed by atoms with Gasteiger partial charge >= 0.3 is 5.97 Å². The van der Waals surface area contributed by atoms with E-state index >= 15 is 0 Å².